The highest BCUT2D eigenvalue weighted by atomic mass is 79.9. The number of amides is 1. The highest BCUT2D eigenvalue weighted by molar-refractivity contribution is 9.10. The lowest BCUT2D eigenvalue weighted by Crippen LogP contribution is -2.19. The smallest absolute Gasteiger partial charge is 0.244 e. The predicted octanol–water partition coefficient (Wildman–Crippen LogP) is 4.67. The van der Waals surface area contributed by atoms with Crippen LogP contribution in [0.3, 0.4) is 0 Å². The van der Waals surface area contributed by atoms with E-state index < -0.39 is 0 Å². The van der Waals surface area contributed by atoms with Gasteiger partial charge in [-0.1, -0.05) is 46.3 Å². The fourth-order valence-corrected chi connectivity index (χ4v) is 3.61. The Balaban J connectivity index is 1.71. The fourth-order valence-electron chi connectivity index (χ4n) is 2.38. The standard InChI is InChI=1S/C18H15BrN2OS/c1-12-6-8-14(23-12)11-20-21-18(22)10-13-7-9-17(19)16-5-3-2-4-15(13)16/h2-9,11H,10H2,1H3,(H,21,22)/b20-11+. The average molecular weight is 387 g/mol. The number of rotatable bonds is 4. The third kappa shape index (κ3) is 3.86. The average Bonchev–Trinajstić information content (AvgIpc) is 2.96. The Labute approximate surface area is 147 Å². The minimum Gasteiger partial charge on any atom is -0.273 e. The Kier molecular flexibility index (Phi) is 4.88. The van der Waals surface area contributed by atoms with Crippen molar-refractivity contribution in [1.82, 2.24) is 5.43 Å². The van der Waals surface area contributed by atoms with Gasteiger partial charge in [0.15, 0.2) is 0 Å². The van der Waals surface area contributed by atoms with Crippen LogP contribution in [0, 0.1) is 6.92 Å². The normalized spacial score (nSPS) is 11.2. The zero-order valence-corrected chi connectivity index (χ0v) is 14.9. The summed E-state index contributed by atoms with van der Waals surface area (Å²) in [5.41, 5.74) is 3.58. The molecule has 0 atom stereocenters. The SMILES string of the molecule is Cc1ccc(/C=N/NC(=O)Cc2ccc(Br)c3ccccc23)s1. The summed E-state index contributed by atoms with van der Waals surface area (Å²) in [6.45, 7) is 2.04. The van der Waals surface area contributed by atoms with Crippen LogP contribution in [0.2, 0.25) is 0 Å². The number of fused-ring (bicyclic) bond motifs is 1. The van der Waals surface area contributed by atoms with E-state index in [1.165, 1.54) is 4.88 Å². The Morgan fingerprint density at radius 3 is 2.70 bits per heavy atom. The number of carbonyl (C=O) groups excluding carboxylic acids is 1. The first-order valence-corrected chi connectivity index (χ1v) is 8.79. The monoisotopic (exact) mass is 386 g/mol. The molecule has 0 spiro atoms. The first kappa shape index (κ1) is 15.9. The number of nitrogens with one attached hydrogen (secondary N) is 1. The van der Waals surface area contributed by atoms with Crippen molar-refractivity contribution in [2.45, 2.75) is 13.3 Å². The Morgan fingerprint density at radius 1 is 1.17 bits per heavy atom. The van der Waals surface area contributed by atoms with Crippen LogP contribution in [0.5, 0.6) is 0 Å². The molecule has 3 nitrogen and oxygen atoms in total. The Hall–Kier alpha value is -1.98. The van der Waals surface area contributed by atoms with Gasteiger partial charge in [-0.3, -0.25) is 4.79 Å². The summed E-state index contributed by atoms with van der Waals surface area (Å²) < 4.78 is 1.03. The van der Waals surface area contributed by atoms with Crippen molar-refractivity contribution in [3.05, 3.63) is 68.3 Å². The molecule has 0 unspecified atom stereocenters. The van der Waals surface area contributed by atoms with E-state index in [2.05, 4.69) is 26.5 Å². The van der Waals surface area contributed by atoms with Crippen molar-refractivity contribution < 1.29 is 4.79 Å². The van der Waals surface area contributed by atoms with Crippen molar-refractivity contribution in [2.75, 3.05) is 0 Å². The third-order valence-electron chi connectivity index (χ3n) is 3.45. The van der Waals surface area contributed by atoms with Gasteiger partial charge in [-0.2, -0.15) is 5.10 Å². The highest BCUT2D eigenvalue weighted by Crippen LogP contribution is 2.27. The number of benzene rings is 2. The minimum atomic E-state index is -0.123. The van der Waals surface area contributed by atoms with E-state index in [0.717, 1.165) is 25.7 Å². The number of hydrogen-bond donors (Lipinski definition) is 1. The molecule has 1 heterocycles. The molecule has 0 radical (unpaired) electrons. The molecule has 0 fully saturated rings. The molecule has 0 saturated heterocycles. The molecule has 1 amide bonds. The minimum absolute atomic E-state index is 0.123. The first-order chi connectivity index (χ1) is 11.1. The van der Waals surface area contributed by atoms with Crippen LogP contribution < -0.4 is 5.43 Å². The van der Waals surface area contributed by atoms with Gasteiger partial charge in [0, 0.05) is 14.2 Å². The number of hydrazone groups is 1. The topological polar surface area (TPSA) is 41.5 Å². The summed E-state index contributed by atoms with van der Waals surface area (Å²) >= 11 is 5.19. The summed E-state index contributed by atoms with van der Waals surface area (Å²) in [6, 6.07) is 16.0. The van der Waals surface area contributed by atoms with Crippen molar-refractivity contribution >= 4 is 50.2 Å². The van der Waals surface area contributed by atoms with Crippen LogP contribution in [-0.2, 0) is 11.2 Å². The van der Waals surface area contributed by atoms with Gasteiger partial charge in [-0.15, -0.1) is 11.3 Å². The number of hydrogen-bond acceptors (Lipinski definition) is 3. The summed E-state index contributed by atoms with van der Waals surface area (Å²) in [5.74, 6) is -0.123. The zero-order valence-electron chi connectivity index (χ0n) is 12.5. The van der Waals surface area contributed by atoms with Gasteiger partial charge in [-0.25, -0.2) is 5.43 Å². The second-order valence-electron chi connectivity index (χ2n) is 5.17. The van der Waals surface area contributed by atoms with Crippen molar-refractivity contribution in [2.24, 2.45) is 5.10 Å². The Morgan fingerprint density at radius 2 is 1.96 bits per heavy atom. The lowest BCUT2D eigenvalue weighted by molar-refractivity contribution is -0.120. The van der Waals surface area contributed by atoms with E-state index >= 15 is 0 Å². The van der Waals surface area contributed by atoms with Crippen LogP contribution in [0.1, 0.15) is 15.3 Å². The molecule has 3 aromatic rings. The quantitative estimate of drug-likeness (QED) is 0.513. The lowest BCUT2D eigenvalue weighted by atomic mass is 10.0. The summed E-state index contributed by atoms with van der Waals surface area (Å²) in [6.07, 6.45) is 1.98. The van der Waals surface area contributed by atoms with Crippen LogP contribution in [0.15, 0.2) is 58.1 Å². The molecule has 0 bridgehead atoms. The highest BCUT2D eigenvalue weighted by Gasteiger charge is 2.08. The maximum atomic E-state index is 12.1. The first-order valence-electron chi connectivity index (χ1n) is 7.18. The van der Waals surface area contributed by atoms with Gasteiger partial charge in [0.1, 0.15) is 0 Å². The molecule has 1 aromatic heterocycles. The third-order valence-corrected chi connectivity index (χ3v) is 5.08. The second kappa shape index (κ2) is 7.06. The van der Waals surface area contributed by atoms with Gasteiger partial charge in [0.05, 0.1) is 12.6 Å². The van der Waals surface area contributed by atoms with E-state index in [1.807, 2.05) is 55.5 Å². The zero-order chi connectivity index (χ0) is 16.2. The summed E-state index contributed by atoms with van der Waals surface area (Å²) in [4.78, 5) is 14.3. The van der Waals surface area contributed by atoms with E-state index in [-0.39, 0.29) is 5.91 Å². The molecular weight excluding hydrogens is 372 g/mol. The number of halogens is 1. The van der Waals surface area contributed by atoms with E-state index in [0.29, 0.717) is 6.42 Å². The van der Waals surface area contributed by atoms with E-state index in [1.54, 1.807) is 17.6 Å². The van der Waals surface area contributed by atoms with Gasteiger partial charge in [0.2, 0.25) is 5.91 Å². The molecule has 0 aliphatic carbocycles. The molecule has 2 aromatic carbocycles. The fraction of sp³-hybridized carbons (Fsp3) is 0.111. The predicted molar refractivity (Wildman–Crippen MR) is 100 cm³/mol. The lowest BCUT2D eigenvalue weighted by Gasteiger charge is -2.07. The van der Waals surface area contributed by atoms with Crippen LogP contribution in [-0.4, -0.2) is 12.1 Å². The van der Waals surface area contributed by atoms with Gasteiger partial charge in [0.25, 0.3) is 0 Å². The molecule has 0 aliphatic rings. The second-order valence-corrected chi connectivity index (χ2v) is 7.34. The molecule has 0 aliphatic heterocycles. The van der Waals surface area contributed by atoms with E-state index in [4.69, 9.17) is 0 Å². The molecule has 5 heteroatoms. The number of aryl methyl sites for hydroxylation is 1. The van der Waals surface area contributed by atoms with Gasteiger partial charge < -0.3 is 0 Å². The van der Waals surface area contributed by atoms with Gasteiger partial charge in [-0.05, 0) is 41.5 Å². The molecular formula is C18H15BrN2OS. The van der Waals surface area contributed by atoms with E-state index in [9.17, 15) is 4.79 Å². The van der Waals surface area contributed by atoms with Crippen molar-refractivity contribution in [1.29, 1.82) is 0 Å². The molecule has 116 valence electrons. The summed E-state index contributed by atoms with van der Waals surface area (Å²) in [5, 5.41) is 6.21. The summed E-state index contributed by atoms with van der Waals surface area (Å²) in [7, 11) is 0. The maximum Gasteiger partial charge on any atom is 0.244 e. The molecule has 1 N–H and O–H groups in total. The molecule has 0 saturated carbocycles. The molecule has 23 heavy (non-hydrogen) atoms. The van der Waals surface area contributed by atoms with Gasteiger partial charge >= 0.3 is 0 Å². The van der Waals surface area contributed by atoms with Crippen molar-refractivity contribution in [3.8, 4) is 0 Å². The maximum absolute atomic E-state index is 12.1. The number of nitrogens with zero attached hydrogens (tertiary/aromatic N) is 1. The largest absolute Gasteiger partial charge is 0.273 e. The van der Waals surface area contributed by atoms with Crippen LogP contribution >= 0.6 is 27.3 Å². The number of thiophene rings is 1. The van der Waals surface area contributed by atoms with Crippen molar-refractivity contribution in [3.63, 3.8) is 0 Å². The Bertz CT molecular complexity index is 886. The number of carbonyl (C=O) groups is 1. The van der Waals surface area contributed by atoms with Crippen LogP contribution in [0.25, 0.3) is 10.8 Å². The molecule has 3 rings (SSSR count). The van der Waals surface area contributed by atoms with Crippen LogP contribution in [0.4, 0.5) is 0 Å².